The van der Waals surface area contributed by atoms with Crippen LogP contribution in [0.25, 0.3) is 0 Å². The Labute approximate surface area is 103 Å². The van der Waals surface area contributed by atoms with Gasteiger partial charge < -0.3 is 0 Å². The summed E-state index contributed by atoms with van der Waals surface area (Å²) in [6.45, 7) is 14.4. The minimum atomic E-state index is 0.512. The fourth-order valence-electron chi connectivity index (χ4n) is 3.40. The summed E-state index contributed by atoms with van der Waals surface area (Å²) in [6.07, 6.45) is 8.76. The summed E-state index contributed by atoms with van der Waals surface area (Å²) in [5, 5.41) is 0. The van der Waals surface area contributed by atoms with Gasteiger partial charge in [0.1, 0.15) is 0 Å². The average Bonchev–Trinajstić information content (AvgIpc) is 2.03. The molecule has 0 nitrogen and oxygen atoms in total. The summed E-state index contributed by atoms with van der Waals surface area (Å²) in [4.78, 5) is 0. The van der Waals surface area contributed by atoms with Crippen LogP contribution in [-0.4, -0.2) is 0 Å². The monoisotopic (exact) mass is 224 g/mol. The Morgan fingerprint density at radius 2 is 1.00 bits per heavy atom. The Bertz CT molecular complexity index is 177. The molecular weight excluding hydrogens is 192 g/mol. The molecule has 96 valence electrons. The van der Waals surface area contributed by atoms with Gasteiger partial charge in [-0.15, -0.1) is 0 Å². The summed E-state index contributed by atoms with van der Waals surface area (Å²) < 4.78 is 0. The van der Waals surface area contributed by atoms with Gasteiger partial charge in [0.25, 0.3) is 0 Å². The molecule has 0 heteroatoms. The molecule has 0 aromatic rings. The van der Waals surface area contributed by atoms with Gasteiger partial charge in [0.05, 0.1) is 0 Å². The van der Waals surface area contributed by atoms with E-state index in [0.717, 1.165) is 11.8 Å². The highest BCUT2D eigenvalue weighted by atomic mass is 14.4. The molecule has 0 amide bonds. The van der Waals surface area contributed by atoms with E-state index >= 15 is 0 Å². The normalized spacial score (nSPS) is 28.1. The first kappa shape index (κ1) is 14.1. The van der Waals surface area contributed by atoms with Crippen LogP contribution in [0.3, 0.4) is 0 Å². The van der Waals surface area contributed by atoms with Gasteiger partial charge in [0, 0.05) is 0 Å². The Morgan fingerprint density at radius 3 is 1.25 bits per heavy atom. The zero-order valence-corrected chi connectivity index (χ0v) is 12.4. The van der Waals surface area contributed by atoms with E-state index in [-0.39, 0.29) is 0 Å². The first-order valence-electron chi connectivity index (χ1n) is 7.17. The Morgan fingerprint density at radius 1 is 0.688 bits per heavy atom. The molecule has 0 saturated heterocycles. The predicted molar refractivity (Wildman–Crippen MR) is 73.6 cm³/mol. The molecular formula is C16H32. The molecule has 0 spiro atoms. The zero-order valence-electron chi connectivity index (χ0n) is 12.4. The van der Waals surface area contributed by atoms with Crippen molar-refractivity contribution in [3.63, 3.8) is 0 Å². The molecule has 0 aliphatic heterocycles. The Hall–Kier alpha value is 0. The van der Waals surface area contributed by atoms with Crippen LogP contribution in [0.1, 0.15) is 80.1 Å². The van der Waals surface area contributed by atoms with E-state index in [1.165, 1.54) is 38.5 Å². The van der Waals surface area contributed by atoms with Crippen LogP contribution in [0.4, 0.5) is 0 Å². The maximum atomic E-state index is 2.40. The second-order valence-corrected chi connectivity index (χ2v) is 8.33. The van der Waals surface area contributed by atoms with Crippen LogP contribution in [0, 0.1) is 22.7 Å². The van der Waals surface area contributed by atoms with Crippen molar-refractivity contribution in [1.82, 2.24) is 0 Å². The van der Waals surface area contributed by atoms with Crippen molar-refractivity contribution in [2.45, 2.75) is 80.1 Å². The molecule has 16 heavy (non-hydrogen) atoms. The molecule has 1 saturated carbocycles. The molecule has 1 aliphatic rings. The molecule has 0 heterocycles. The molecule has 2 unspecified atom stereocenters. The van der Waals surface area contributed by atoms with Gasteiger partial charge in [-0.1, -0.05) is 67.2 Å². The minimum absolute atomic E-state index is 0.512. The van der Waals surface area contributed by atoms with Gasteiger partial charge >= 0.3 is 0 Å². The van der Waals surface area contributed by atoms with E-state index in [1.807, 2.05) is 0 Å². The van der Waals surface area contributed by atoms with Gasteiger partial charge in [0.2, 0.25) is 0 Å². The molecule has 0 radical (unpaired) electrons. The third-order valence-electron chi connectivity index (χ3n) is 3.82. The van der Waals surface area contributed by atoms with Gasteiger partial charge in [-0.2, -0.15) is 0 Å². The van der Waals surface area contributed by atoms with E-state index in [2.05, 4.69) is 41.5 Å². The van der Waals surface area contributed by atoms with E-state index in [4.69, 9.17) is 0 Å². The maximum Gasteiger partial charge on any atom is -0.0380 e. The van der Waals surface area contributed by atoms with Crippen LogP contribution in [0.15, 0.2) is 0 Å². The summed E-state index contributed by atoms with van der Waals surface area (Å²) in [5.74, 6) is 1.99. The smallest absolute Gasteiger partial charge is 0.0380 e. The molecule has 0 aromatic heterocycles. The fourth-order valence-corrected chi connectivity index (χ4v) is 3.40. The van der Waals surface area contributed by atoms with Crippen LogP contribution in [-0.2, 0) is 0 Å². The van der Waals surface area contributed by atoms with Crippen molar-refractivity contribution in [1.29, 1.82) is 0 Å². The van der Waals surface area contributed by atoms with Crippen molar-refractivity contribution < 1.29 is 0 Å². The molecule has 0 N–H and O–H groups in total. The quantitative estimate of drug-likeness (QED) is 0.567. The first-order valence-corrected chi connectivity index (χ1v) is 7.17. The summed E-state index contributed by atoms with van der Waals surface area (Å²) in [6, 6.07) is 0. The first-order chi connectivity index (χ1) is 7.17. The number of hydrogen-bond acceptors (Lipinski definition) is 0. The Balaban J connectivity index is 2.57. The lowest BCUT2D eigenvalue weighted by Gasteiger charge is -2.38. The topological polar surface area (TPSA) is 0 Å². The number of rotatable bonds is 2. The van der Waals surface area contributed by atoms with Crippen molar-refractivity contribution in [2.75, 3.05) is 0 Å². The van der Waals surface area contributed by atoms with Gasteiger partial charge in [0.15, 0.2) is 0 Å². The minimum Gasteiger partial charge on any atom is -0.0602 e. The highest BCUT2D eigenvalue weighted by Crippen LogP contribution is 2.42. The van der Waals surface area contributed by atoms with Crippen molar-refractivity contribution in [2.24, 2.45) is 22.7 Å². The predicted octanol–water partition coefficient (Wildman–Crippen LogP) is 5.67. The van der Waals surface area contributed by atoms with Crippen LogP contribution >= 0.6 is 0 Å². The SMILES string of the molecule is CC(C)(C)CC1CCCCC1CC(C)(C)C. The molecule has 1 fully saturated rings. The lowest BCUT2D eigenvalue weighted by molar-refractivity contribution is 0.126. The van der Waals surface area contributed by atoms with Crippen molar-refractivity contribution >= 4 is 0 Å². The standard InChI is InChI=1S/C16H32/c1-15(2,3)11-13-9-7-8-10-14(13)12-16(4,5)6/h13-14H,7-12H2,1-6H3. The summed E-state index contributed by atoms with van der Waals surface area (Å²) >= 11 is 0. The van der Waals surface area contributed by atoms with Gasteiger partial charge in [-0.25, -0.2) is 0 Å². The van der Waals surface area contributed by atoms with E-state index in [9.17, 15) is 0 Å². The molecule has 2 atom stereocenters. The largest absolute Gasteiger partial charge is 0.0602 e. The summed E-state index contributed by atoms with van der Waals surface area (Å²) in [7, 11) is 0. The van der Waals surface area contributed by atoms with Crippen LogP contribution in [0.2, 0.25) is 0 Å². The van der Waals surface area contributed by atoms with E-state index in [0.29, 0.717) is 10.8 Å². The fraction of sp³-hybridized carbons (Fsp3) is 1.00. The lowest BCUT2D eigenvalue weighted by atomic mass is 9.67. The maximum absolute atomic E-state index is 2.40. The third-order valence-corrected chi connectivity index (χ3v) is 3.82. The lowest BCUT2D eigenvalue weighted by Crippen LogP contribution is -2.27. The summed E-state index contributed by atoms with van der Waals surface area (Å²) in [5.41, 5.74) is 1.02. The Kier molecular flexibility index (Phi) is 4.49. The molecule has 0 aromatic carbocycles. The molecule has 0 bridgehead atoms. The second kappa shape index (κ2) is 5.10. The van der Waals surface area contributed by atoms with Gasteiger partial charge in [-0.05, 0) is 35.5 Å². The highest BCUT2D eigenvalue weighted by molar-refractivity contribution is 4.82. The average molecular weight is 224 g/mol. The zero-order chi connectivity index (χ0) is 12.4. The van der Waals surface area contributed by atoms with Crippen molar-refractivity contribution in [3.05, 3.63) is 0 Å². The van der Waals surface area contributed by atoms with Crippen LogP contribution < -0.4 is 0 Å². The number of hydrogen-bond donors (Lipinski definition) is 0. The highest BCUT2D eigenvalue weighted by Gasteiger charge is 2.31. The molecule has 1 aliphatic carbocycles. The molecule has 1 rings (SSSR count). The third kappa shape index (κ3) is 5.37. The van der Waals surface area contributed by atoms with Crippen LogP contribution in [0.5, 0.6) is 0 Å². The van der Waals surface area contributed by atoms with E-state index in [1.54, 1.807) is 0 Å². The van der Waals surface area contributed by atoms with Gasteiger partial charge in [-0.3, -0.25) is 0 Å². The second-order valence-electron chi connectivity index (χ2n) is 8.33. The van der Waals surface area contributed by atoms with E-state index < -0.39 is 0 Å². The van der Waals surface area contributed by atoms with Crippen molar-refractivity contribution in [3.8, 4) is 0 Å².